The topological polar surface area (TPSA) is 64.7 Å². The quantitative estimate of drug-likeness (QED) is 0.730. The van der Waals surface area contributed by atoms with E-state index in [0.717, 1.165) is 37.2 Å². The Hall–Kier alpha value is -2.86. The third kappa shape index (κ3) is 4.59. The van der Waals surface area contributed by atoms with Gasteiger partial charge in [-0.05, 0) is 80.6 Å². The molecule has 6 nitrogen and oxygen atoms in total. The van der Waals surface area contributed by atoms with Crippen molar-refractivity contribution in [1.29, 1.82) is 0 Å². The molecule has 1 saturated heterocycles. The van der Waals surface area contributed by atoms with Crippen LogP contribution in [0.25, 0.3) is 0 Å². The third-order valence-electron chi connectivity index (χ3n) is 6.71. The largest absolute Gasteiger partial charge is 0.374 e. The summed E-state index contributed by atoms with van der Waals surface area (Å²) in [5, 5.41) is 5.64. The highest BCUT2D eigenvalue weighted by atomic mass is 16.2. The molecule has 0 aromatic heterocycles. The SMILES string of the molecule is Cc1cccc(NC(=O)C(=O)NCC(c2ccc3c(c2)CCN3C)N2CCCC2)c1C. The number of carbonyl (C=O) groups excluding carboxylic acids is 2. The molecule has 2 heterocycles. The van der Waals surface area contributed by atoms with Gasteiger partial charge in [-0.25, -0.2) is 0 Å². The molecule has 0 spiro atoms. The number of aryl methyl sites for hydroxylation is 1. The number of likely N-dealkylation sites (tertiary alicyclic amines) is 1. The fraction of sp³-hybridized carbons (Fsp3) is 0.440. The average Bonchev–Trinajstić information content (AvgIpc) is 3.42. The maximum absolute atomic E-state index is 12.6. The second-order valence-corrected chi connectivity index (χ2v) is 8.73. The van der Waals surface area contributed by atoms with Gasteiger partial charge in [0.05, 0.1) is 6.04 Å². The number of likely N-dealkylation sites (N-methyl/N-ethyl adjacent to an activating group) is 1. The van der Waals surface area contributed by atoms with Gasteiger partial charge in [0, 0.05) is 31.5 Å². The number of nitrogens with zero attached hydrogens (tertiary/aromatic N) is 2. The van der Waals surface area contributed by atoms with E-state index < -0.39 is 11.8 Å². The van der Waals surface area contributed by atoms with Crippen molar-refractivity contribution in [1.82, 2.24) is 10.2 Å². The molecule has 164 valence electrons. The van der Waals surface area contributed by atoms with Crippen molar-refractivity contribution in [2.45, 2.75) is 39.2 Å². The third-order valence-corrected chi connectivity index (χ3v) is 6.71. The van der Waals surface area contributed by atoms with E-state index in [1.165, 1.54) is 29.7 Å². The van der Waals surface area contributed by atoms with E-state index in [0.29, 0.717) is 12.2 Å². The zero-order chi connectivity index (χ0) is 22.0. The number of hydrogen-bond donors (Lipinski definition) is 2. The van der Waals surface area contributed by atoms with Crippen molar-refractivity contribution in [3.05, 3.63) is 58.7 Å². The Bertz CT molecular complexity index is 981. The molecule has 31 heavy (non-hydrogen) atoms. The molecule has 0 aliphatic carbocycles. The highest BCUT2D eigenvalue weighted by molar-refractivity contribution is 6.39. The van der Waals surface area contributed by atoms with Crippen LogP contribution < -0.4 is 15.5 Å². The minimum absolute atomic E-state index is 0.0798. The lowest BCUT2D eigenvalue weighted by molar-refractivity contribution is -0.136. The van der Waals surface area contributed by atoms with E-state index in [-0.39, 0.29) is 6.04 Å². The van der Waals surface area contributed by atoms with Crippen molar-refractivity contribution in [2.75, 3.05) is 43.4 Å². The second-order valence-electron chi connectivity index (χ2n) is 8.73. The van der Waals surface area contributed by atoms with Crippen LogP contribution in [0.15, 0.2) is 36.4 Å². The maximum atomic E-state index is 12.6. The van der Waals surface area contributed by atoms with Gasteiger partial charge in [0.15, 0.2) is 0 Å². The van der Waals surface area contributed by atoms with Crippen LogP contribution in [0.3, 0.4) is 0 Å². The lowest BCUT2D eigenvalue weighted by Crippen LogP contribution is -2.41. The predicted octanol–water partition coefficient (Wildman–Crippen LogP) is 3.19. The van der Waals surface area contributed by atoms with Crippen LogP contribution in [0, 0.1) is 13.8 Å². The Morgan fingerprint density at radius 1 is 1.03 bits per heavy atom. The summed E-state index contributed by atoms with van der Waals surface area (Å²) in [5.74, 6) is -1.21. The summed E-state index contributed by atoms with van der Waals surface area (Å²) in [6.45, 7) is 7.44. The zero-order valence-corrected chi connectivity index (χ0v) is 18.7. The van der Waals surface area contributed by atoms with Crippen molar-refractivity contribution >= 4 is 23.2 Å². The van der Waals surface area contributed by atoms with Gasteiger partial charge in [0.1, 0.15) is 0 Å². The monoisotopic (exact) mass is 420 g/mol. The summed E-state index contributed by atoms with van der Waals surface area (Å²) in [6.07, 6.45) is 3.40. The number of nitrogens with one attached hydrogen (secondary N) is 2. The van der Waals surface area contributed by atoms with E-state index in [9.17, 15) is 9.59 Å². The lowest BCUT2D eigenvalue weighted by atomic mass is 10.0. The van der Waals surface area contributed by atoms with Crippen molar-refractivity contribution in [2.24, 2.45) is 0 Å². The first-order valence-corrected chi connectivity index (χ1v) is 11.2. The first-order chi connectivity index (χ1) is 14.9. The summed E-state index contributed by atoms with van der Waals surface area (Å²) in [7, 11) is 2.12. The molecule has 6 heteroatoms. The molecule has 2 aliphatic heterocycles. The van der Waals surface area contributed by atoms with Gasteiger partial charge >= 0.3 is 11.8 Å². The van der Waals surface area contributed by atoms with E-state index in [2.05, 4.69) is 45.7 Å². The molecule has 1 unspecified atom stereocenters. The fourth-order valence-electron chi connectivity index (χ4n) is 4.64. The number of carbonyl (C=O) groups is 2. The number of hydrogen-bond acceptors (Lipinski definition) is 4. The molecule has 4 rings (SSSR count). The number of rotatable bonds is 5. The van der Waals surface area contributed by atoms with Gasteiger partial charge in [0.2, 0.25) is 0 Å². The van der Waals surface area contributed by atoms with E-state index in [4.69, 9.17) is 0 Å². The number of amides is 2. The summed E-state index contributed by atoms with van der Waals surface area (Å²) in [4.78, 5) is 29.8. The van der Waals surface area contributed by atoms with Crippen LogP contribution in [-0.2, 0) is 16.0 Å². The average molecular weight is 421 g/mol. The Morgan fingerprint density at radius 2 is 1.81 bits per heavy atom. The molecule has 2 aliphatic rings. The van der Waals surface area contributed by atoms with Crippen LogP contribution in [0.2, 0.25) is 0 Å². The first-order valence-electron chi connectivity index (χ1n) is 11.2. The lowest BCUT2D eigenvalue weighted by Gasteiger charge is -2.28. The standard InChI is InChI=1S/C25H32N4O2/c1-17-7-6-8-21(18(17)2)27-25(31)24(30)26-16-23(29-12-4-5-13-29)19-9-10-22-20(15-19)11-14-28(22)3/h6-10,15,23H,4-5,11-14,16H2,1-3H3,(H,26,30)(H,27,31). The van der Waals surface area contributed by atoms with Gasteiger partial charge in [-0.1, -0.05) is 24.3 Å². The van der Waals surface area contributed by atoms with Crippen LogP contribution in [0.5, 0.6) is 0 Å². The Morgan fingerprint density at radius 3 is 2.58 bits per heavy atom. The zero-order valence-electron chi connectivity index (χ0n) is 18.7. The smallest absolute Gasteiger partial charge is 0.313 e. The molecule has 0 radical (unpaired) electrons. The van der Waals surface area contributed by atoms with E-state index in [1.807, 2.05) is 32.0 Å². The molecule has 0 saturated carbocycles. The Kier molecular flexibility index (Phi) is 6.28. The van der Waals surface area contributed by atoms with Gasteiger partial charge in [0.25, 0.3) is 0 Å². The van der Waals surface area contributed by atoms with Crippen LogP contribution >= 0.6 is 0 Å². The highest BCUT2D eigenvalue weighted by Gasteiger charge is 2.27. The van der Waals surface area contributed by atoms with E-state index in [1.54, 1.807) is 0 Å². The Balaban J connectivity index is 1.45. The fourth-order valence-corrected chi connectivity index (χ4v) is 4.64. The molecular weight excluding hydrogens is 388 g/mol. The molecule has 0 bridgehead atoms. The molecule has 2 amide bonds. The molecular formula is C25H32N4O2. The molecule has 2 aromatic carbocycles. The van der Waals surface area contributed by atoms with Gasteiger partial charge < -0.3 is 15.5 Å². The molecule has 1 fully saturated rings. The number of anilines is 2. The van der Waals surface area contributed by atoms with Crippen molar-refractivity contribution in [3.63, 3.8) is 0 Å². The number of fused-ring (bicyclic) bond motifs is 1. The molecule has 1 atom stereocenters. The first kappa shape index (κ1) is 21.4. The summed E-state index contributed by atoms with van der Waals surface area (Å²) in [6, 6.07) is 12.4. The normalized spacial score (nSPS) is 16.8. The van der Waals surface area contributed by atoms with Crippen LogP contribution in [-0.4, -0.2) is 49.9 Å². The predicted molar refractivity (Wildman–Crippen MR) is 125 cm³/mol. The van der Waals surface area contributed by atoms with E-state index >= 15 is 0 Å². The second kappa shape index (κ2) is 9.10. The molecule has 2 aromatic rings. The Labute approximate surface area is 184 Å². The minimum Gasteiger partial charge on any atom is -0.374 e. The summed E-state index contributed by atoms with van der Waals surface area (Å²) in [5.41, 5.74) is 6.60. The van der Waals surface area contributed by atoms with Crippen molar-refractivity contribution < 1.29 is 9.59 Å². The maximum Gasteiger partial charge on any atom is 0.313 e. The van der Waals surface area contributed by atoms with Crippen LogP contribution in [0.1, 0.15) is 41.1 Å². The summed E-state index contributed by atoms with van der Waals surface area (Å²) >= 11 is 0. The minimum atomic E-state index is -0.621. The van der Waals surface area contributed by atoms with Crippen molar-refractivity contribution in [3.8, 4) is 0 Å². The highest BCUT2D eigenvalue weighted by Crippen LogP contribution is 2.32. The van der Waals surface area contributed by atoms with Gasteiger partial charge in [-0.2, -0.15) is 0 Å². The van der Waals surface area contributed by atoms with Crippen LogP contribution in [0.4, 0.5) is 11.4 Å². The van der Waals surface area contributed by atoms with Gasteiger partial charge in [-0.15, -0.1) is 0 Å². The molecule has 2 N–H and O–H groups in total. The number of benzene rings is 2. The van der Waals surface area contributed by atoms with Gasteiger partial charge in [-0.3, -0.25) is 14.5 Å². The summed E-state index contributed by atoms with van der Waals surface area (Å²) < 4.78 is 0.